The quantitative estimate of drug-likeness (QED) is 0.687. The van der Waals surface area contributed by atoms with E-state index in [-0.39, 0.29) is 0 Å². The topological polar surface area (TPSA) is 38.1 Å². The first kappa shape index (κ1) is 10.4. The fraction of sp³-hybridized carbons (Fsp3) is 0.636. The van der Waals surface area contributed by atoms with Crippen LogP contribution in [0.1, 0.15) is 36.3 Å². The predicted octanol–water partition coefficient (Wildman–Crippen LogP) is 1.35. The lowest BCUT2D eigenvalue weighted by Gasteiger charge is -2.35. The SMILES string of the molecule is CC1CC(n2cncc2C=O)CCN1C. The van der Waals surface area contributed by atoms with E-state index in [1.807, 2.05) is 4.57 Å². The number of rotatable bonds is 2. The highest BCUT2D eigenvalue weighted by Crippen LogP contribution is 2.26. The van der Waals surface area contributed by atoms with E-state index in [0.29, 0.717) is 17.8 Å². The molecule has 2 rings (SSSR count). The van der Waals surface area contributed by atoms with Gasteiger partial charge in [-0.15, -0.1) is 0 Å². The molecule has 2 atom stereocenters. The molecule has 1 saturated heterocycles. The first-order valence-electron chi connectivity index (χ1n) is 5.39. The Morgan fingerprint density at radius 3 is 3.07 bits per heavy atom. The van der Waals surface area contributed by atoms with Gasteiger partial charge in [-0.05, 0) is 26.8 Å². The molecule has 15 heavy (non-hydrogen) atoms. The second-order valence-corrected chi connectivity index (χ2v) is 4.35. The standard InChI is InChI=1S/C11H17N3O/c1-9-5-10(3-4-13(9)2)14-8-12-6-11(14)7-15/h6-10H,3-5H2,1-2H3. The molecule has 2 unspecified atom stereocenters. The van der Waals surface area contributed by atoms with Crippen molar-refractivity contribution >= 4 is 6.29 Å². The Labute approximate surface area is 89.9 Å². The normalized spacial score (nSPS) is 27.9. The number of aldehydes is 1. The summed E-state index contributed by atoms with van der Waals surface area (Å²) >= 11 is 0. The Bertz CT molecular complexity index is 347. The lowest BCUT2D eigenvalue weighted by Crippen LogP contribution is -2.38. The molecule has 0 radical (unpaired) electrons. The van der Waals surface area contributed by atoms with E-state index in [1.165, 1.54) is 0 Å². The van der Waals surface area contributed by atoms with Crippen molar-refractivity contribution in [2.75, 3.05) is 13.6 Å². The van der Waals surface area contributed by atoms with Crippen LogP contribution in [-0.2, 0) is 0 Å². The maximum Gasteiger partial charge on any atom is 0.168 e. The zero-order valence-electron chi connectivity index (χ0n) is 9.26. The molecule has 1 aliphatic rings. The van der Waals surface area contributed by atoms with Gasteiger partial charge in [0, 0.05) is 18.6 Å². The van der Waals surface area contributed by atoms with Crippen LogP contribution < -0.4 is 0 Å². The summed E-state index contributed by atoms with van der Waals surface area (Å²) in [5, 5.41) is 0. The van der Waals surface area contributed by atoms with Gasteiger partial charge >= 0.3 is 0 Å². The van der Waals surface area contributed by atoms with Crippen LogP contribution in [0, 0.1) is 0 Å². The van der Waals surface area contributed by atoms with Gasteiger partial charge in [-0.1, -0.05) is 0 Å². The average molecular weight is 207 g/mol. The third-order valence-corrected chi connectivity index (χ3v) is 3.39. The maximum atomic E-state index is 10.8. The Kier molecular flexibility index (Phi) is 2.86. The van der Waals surface area contributed by atoms with Crippen LogP contribution in [0.3, 0.4) is 0 Å². The van der Waals surface area contributed by atoms with Gasteiger partial charge in [0.05, 0.1) is 12.5 Å². The first-order valence-corrected chi connectivity index (χ1v) is 5.39. The third kappa shape index (κ3) is 1.95. The monoisotopic (exact) mass is 207 g/mol. The molecule has 0 aromatic carbocycles. The minimum Gasteiger partial charge on any atom is -0.325 e. The molecule has 82 valence electrons. The molecule has 1 aliphatic heterocycles. The molecule has 0 bridgehead atoms. The zero-order valence-corrected chi connectivity index (χ0v) is 9.26. The second-order valence-electron chi connectivity index (χ2n) is 4.35. The second kappa shape index (κ2) is 4.14. The van der Waals surface area contributed by atoms with Gasteiger partial charge in [-0.2, -0.15) is 0 Å². The number of nitrogens with zero attached hydrogens (tertiary/aromatic N) is 3. The van der Waals surface area contributed by atoms with Crippen LogP contribution in [0.4, 0.5) is 0 Å². The minimum absolute atomic E-state index is 0.430. The number of hydrogen-bond donors (Lipinski definition) is 0. The van der Waals surface area contributed by atoms with Crippen molar-refractivity contribution in [3.05, 3.63) is 18.2 Å². The van der Waals surface area contributed by atoms with Crippen LogP contribution in [-0.4, -0.2) is 40.4 Å². The van der Waals surface area contributed by atoms with Gasteiger partial charge < -0.3 is 9.47 Å². The van der Waals surface area contributed by atoms with E-state index in [4.69, 9.17) is 0 Å². The average Bonchev–Trinajstić information content (AvgIpc) is 2.70. The van der Waals surface area contributed by atoms with Crippen molar-refractivity contribution in [1.82, 2.24) is 14.5 Å². The number of carbonyl (C=O) groups is 1. The van der Waals surface area contributed by atoms with E-state index >= 15 is 0 Å². The number of likely N-dealkylation sites (tertiary alicyclic amines) is 1. The van der Waals surface area contributed by atoms with E-state index in [2.05, 4.69) is 23.9 Å². The molecule has 0 amide bonds. The lowest BCUT2D eigenvalue weighted by molar-refractivity contribution is 0.110. The van der Waals surface area contributed by atoms with Crippen LogP contribution in [0.2, 0.25) is 0 Å². The lowest BCUT2D eigenvalue weighted by atomic mass is 9.98. The maximum absolute atomic E-state index is 10.8. The number of piperidine rings is 1. The number of imidazole rings is 1. The molecule has 2 heterocycles. The van der Waals surface area contributed by atoms with E-state index in [0.717, 1.165) is 25.7 Å². The van der Waals surface area contributed by atoms with E-state index in [9.17, 15) is 4.79 Å². The number of aromatic nitrogens is 2. The molecule has 1 fully saturated rings. The molecule has 0 N–H and O–H groups in total. The van der Waals surface area contributed by atoms with E-state index in [1.54, 1.807) is 12.5 Å². The molecule has 0 spiro atoms. The smallest absolute Gasteiger partial charge is 0.168 e. The summed E-state index contributed by atoms with van der Waals surface area (Å²) in [7, 11) is 2.15. The molecule has 0 aliphatic carbocycles. The molecular weight excluding hydrogens is 190 g/mol. The molecule has 0 saturated carbocycles. The van der Waals surface area contributed by atoms with Gasteiger partial charge in [-0.25, -0.2) is 4.98 Å². The Morgan fingerprint density at radius 2 is 2.40 bits per heavy atom. The molecule has 1 aromatic heterocycles. The minimum atomic E-state index is 0.430. The molecular formula is C11H17N3O. The van der Waals surface area contributed by atoms with E-state index < -0.39 is 0 Å². The van der Waals surface area contributed by atoms with Gasteiger partial charge in [0.2, 0.25) is 0 Å². The van der Waals surface area contributed by atoms with Crippen LogP contribution >= 0.6 is 0 Å². The summed E-state index contributed by atoms with van der Waals surface area (Å²) in [5.74, 6) is 0. The van der Waals surface area contributed by atoms with Gasteiger partial charge in [0.15, 0.2) is 6.29 Å². The van der Waals surface area contributed by atoms with Gasteiger partial charge in [0.1, 0.15) is 5.69 Å². The van der Waals surface area contributed by atoms with Crippen molar-refractivity contribution in [2.24, 2.45) is 0 Å². The van der Waals surface area contributed by atoms with Crippen molar-refractivity contribution < 1.29 is 4.79 Å². The summed E-state index contributed by atoms with van der Waals surface area (Å²) in [4.78, 5) is 17.2. The largest absolute Gasteiger partial charge is 0.325 e. The fourth-order valence-corrected chi connectivity index (χ4v) is 2.23. The van der Waals surface area contributed by atoms with Crippen molar-refractivity contribution in [3.63, 3.8) is 0 Å². The first-order chi connectivity index (χ1) is 7.22. The van der Waals surface area contributed by atoms with Crippen molar-refractivity contribution in [2.45, 2.75) is 31.8 Å². The summed E-state index contributed by atoms with van der Waals surface area (Å²) in [6.07, 6.45) is 6.48. The Hall–Kier alpha value is -1.16. The summed E-state index contributed by atoms with van der Waals surface area (Å²) in [6, 6.07) is 1.00. The van der Waals surface area contributed by atoms with Gasteiger partial charge in [-0.3, -0.25) is 4.79 Å². The molecule has 4 heteroatoms. The zero-order chi connectivity index (χ0) is 10.8. The highest BCUT2D eigenvalue weighted by molar-refractivity contribution is 5.71. The number of hydrogen-bond acceptors (Lipinski definition) is 3. The highest BCUT2D eigenvalue weighted by Gasteiger charge is 2.24. The predicted molar refractivity (Wildman–Crippen MR) is 58.0 cm³/mol. The molecule has 1 aromatic rings. The van der Waals surface area contributed by atoms with Crippen molar-refractivity contribution in [1.29, 1.82) is 0 Å². The summed E-state index contributed by atoms with van der Waals surface area (Å²) < 4.78 is 2.01. The Balaban J connectivity index is 2.15. The third-order valence-electron chi connectivity index (χ3n) is 3.39. The van der Waals surface area contributed by atoms with Gasteiger partial charge in [0.25, 0.3) is 0 Å². The summed E-state index contributed by atoms with van der Waals surface area (Å²) in [6.45, 7) is 3.31. The number of carbonyl (C=O) groups excluding carboxylic acids is 1. The molecule has 4 nitrogen and oxygen atoms in total. The van der Waals surface area contributed by atoms with Crippen molar-refractivity contribution in [3.8, 4) is 0 Å². The summed E-state index contributed by atoms with van der Waals surface area (Å²) in [5.41, 5.74) is 0.691. The fourth-order valence-electron chi connectivity index (χ4n) is 2.23. The van der Waals surface area contributed by atoms with Crippen LogP contribution in [0.15, 0.2) is 12.5 Å². The van der Waals surface area contributed by atoms with Crippen LogP contribution in [0.5, 0.6) is 0 Å². The highest BCUT2D eigenvalue weighted by atomic mass is 16.1. The Morgan fingerprint density at radius 1 is 1.60 bits per heavy atom. The van der Waals surface area contributed by atoms with Crippen LogP contribution in [0.25, 0.3) is 0 Å².